The van der Waals surface area contributed by atoms with Crippen LogP contribution in [0.4, 0.5) is 0 Å². The molecule has 0 aromatic rings. The van der Waals surface area contributed by atoms with Crippen LogP contribution in [-0.2, 0) is 36.3 Å². The van der Waals surface area contributed by atoms with Gasteiger partial charge >= 0.3 is 15.6 Å². The summed E-state index contributed by atoms with van der Waals surface area (Å²) >= 11 is 0. The molecule has 0 heterocycles. The van der Waals surface area contributed by atoms with Crippen molar-refractivity contribution in [2.24, 2.45) is 0 Å². The van der Waals surface area contributed by atoms with Gasteiger partial charge in [0.05, 0.1) is 26.4 Å². The molecule has 0 saturated carbocycles. The highest BCUT2D eigenvalue weighted by atomic mass is 31.2. The molecule has 0 aliphatic carbocycles. The van der Waals surface area contributed by atoms with Crippen LogP contribution in [0.5, 0.6) is 0 Å². The van der Waals surface area contributed by atoms with Crippen LogP contribution in [0.1, 0.15) is 67.2 Å². The second kappa shape index (κ2) is 13.8. The van der Waals surface area contributed by atoms with Gasteiger partial charge in [0, 0.05) is 0 Å². The average Bonchev–Trinajstić information content (AvgIpc) is 2.55. The predicted molar refractivity (Wildman–Crippen MR) is 101 cm³/mol. The van der Waals surface area contributed by atoms with Crippen LogP contribution in [0.15, 0.2) is 11.5 Å². The molecule has 0 spiro atoms. The average molecular weight is 416 g/mol. The van der Waals surface area contributed by atoms with Gasteiger partial charge in [-0.25, -0.2) is 9.13 Å². The van der Waals surface area contributed by atoms with E-state index in [1.165, 1.54) is 13.8 Å². The smallest absolute Gasteiger partial charge is 0.405 e. The first-order valence-electron chi connectivity index (χ1n) is 9.10. The second-order valence-electron chi connectivity index (χ2n) is 5.40. The molecule has 0 saturated heterocycles. The molecule has 0 rings (SSSR count). The molecule has 8 nitrogen and oxygen atoms in total. The zero-order chi connectivity index (χ0) is 20.1. The Balaban J connectivity index is 5.15. The molecule has 0 aromatic heterocycles. The van der Waals surface area contributed by atoms with Gasteiger partial charge in [-0.2, -0.15) is 0 Å². The van der Waals surface area contributed by atoms with Crippen molar-refractivity contribution in [2.75, 3.05) is 26.4 Å². The third-order valence-electron chi connectivity index (χ3n) is 3.06. The molecule has 0 bridgehead atoms. The molecule has 0 aliphatic rings. The Morgan fingerprint density at radius 1 is 0.654 bits per heavy atom. The third-order valence-corrected chi connectivity index (χ3v) is 6.20. The highest BCUT2D eigenvalue weighted by Crippen LogP contribution is 2.54. The van der Waals surface area contributed by atoms with E-state index in [9.17, 15) is 9.13 Å². The summed E-state index contributed by atoms with van der Waals surface area (Å²) in [5.41, 5.74) is 0. The molecule has 0 aliphatic heterocycles. The molecular formula is C16H34O8P2. The normalized spacial score (nSPS) is 13.5. The van der Waals surface area contributed by atoms with Crippen LogP contribution in [0.3, 0.4) is 0 Å². The third kappa shape index (κ3) is 10.7. The van der Waals surface area contributed by atoms with Crippen molar-refractivity contribution in [3.8, 4) is 0 Å². The summed E-state index contributed by atoms with van der Waals surface area (Å²) in [6.07, 6.45) is 3.23. The summed E-state index contributed by atoms with van der Waals surface area (Å²) in [5.74, 6) is 0.245. The van der Waals surface area contributed by atoms with Crippen molar-refractivity contribution in [3.05, 3.63) is 11.5 Å². The molecule has 10 heteroatoms. The standard InChI is InChI=1S/C16H34O8P2/c1-7-11-13-21-26(18,22-14-12-8-2)24-16(6)15(5)23-25(17,19-9-3)20-10-4/h7-14H2,1-6H3/b16-15-. The maximum atomic E-state index is 12.8. The fourth-order valence-corrected chi connectivity index (χ4v) is 4.23. The molecule has 0 amide bonds. The van der Waals surface area contributed by atoms with E-state index in [1.807, 2.05) is 13.8 Å². The van der Waals surface area contributed by atoms with Crippen LogP contribution in [-0.4, -0.2) is 26.4 Å². The number of rotatable bonds is 16. The van der Waals surface area contributed by atoms with E-state index in [4.69, 9.17) is 27.1 Å². The maximum Gasteiger partial charge on any atom is 0.529 e. The summed E-state index contributed by atoms with van der Waals surface area (Å²) in [5, 5.41) is 0. The molecule has 0 fully saturated rings. The number of unbranched alkanes of at least 4 members (excludes halogenated alkanes) is 2. The molecule has 0 unspecified atom stereocenters. The van der Waals surface area contributed by atoms with Gasteiger partial charge in [0.25, 0.3) is 0 Å². The Morgan fingerprint density at radius 2 is 1.00 bits per heavy atom. The van der Waals surface area contributed by atoms with E-state index in [1.54, 1.807) is 13.8 Å². The van der Waals surface area contributed by atoms with Crippen molar-refractivity contribution in [2.45, 2.75) is 67.2 Å². The van der Waals surface area contributed by atoms with E-state index in [0.29, 0.717) is 0 Å². The van der Waals surface area contributed by atoms with Crippen molar-refractivity contribution >= 4 is 15.6 Å². The topological polar surface area (TPSA) is 89.5 Å². The van der Waals surface area contributed by atoms with Gasteiger partial charge in [0.15, 0.2) is 0 Å². The molecule has 0 N–H and O–H groups in total. The summed E-state index contributed by atoms with van der Waals surface area (Å²) < 4.78 is 56.8. The molecule has 0 aromatic carbocycles. The fraction of sp³-hybridized carbons (Fsp3) is 0.875. The van der Waals surface area contributed by atoms with Crippen LogP contribution in [0.2, 0.25) is 0 Å². The minimum atomic E-state index is -3.79. The minimum absolute atomic E-state index is 0.119. The Labute approximate surface area is 157 Å². The lowest BCUT2D eigenvalue weighted by Crippen LogP contribution is -2.05. The Morgan fingerprint density at radius 3 is 1.31 bits per heavy atom. The van der Waals surface area contributed by atoms with Gasteiger partial charge in [-0.1, -0.05) is 26.7 Å². The lowest BCUT2D eigenvalue weighted by molar-refractivity contribution is 0.120. The lowest BCUT2D eigenvalue weighted by atomic mass is 10.4. The SMILES string of the molecule is CCCCOP(=O)(OCCCC)O/C(C)=C(/C)OP(=O)(OCC)OCC. The first-order chi connectivity index (χ1) is 12.3. The summed E-state index contributed by atoms with van der Waals surface area (Å²) in [4.78, 5) is 0. The molecule has 0 atom stereocenters. The fourth-order valence-electron chi connectivity index (χ4n) is 1.60. The van der Waals surface area contributed by atoms with E-state index in [-0.39, 0.29) is 37.9 Å². The highest BCUT2D eigenvalue weighted by Gasteiger charge is 2.32. The summed E-state index contributed by atoms with van der Waals surface area (Å²) in [6.45, 7) is 11.2. The summed E-state index contributed by atoms with van der Waals surface area (Å²) in [6, 6.07) is 0. The first-order valence-corrected chi connectivity index (χ1v) is 12.0. The minimum Gasteiger partial charge on any atom is -0.405 e. The Hall–Kier alpha value is -0.360. The maximum absolute atomic E-state index is 12.8. The van der Waals surface area contributed by atoms with Gasteiger partial charge in [-0.3, -0.25) is 18.1 Å². The number of allylic oxidation sites excluding steroid dienone is 2. The van der Waals surface area contributed by atoms with Gasteiger partial charge in [-0.15, -0.1) is 0 Å². The van der Waals surface area contributed by atoms with Crippen molar-refractivity contribution in [3.63, 3.8) is 0 Å². The van der Waals surface area contributed by atoms with Crippen LogP contribution in [0, 0.1) is 0 Å². The van der Waals surface area contributed by atoms with Gasteiger partial charge < -0.3 is 9.05 Å². The van der Waals surface area contributed by atoms with Crippen LogP contribution < -0.4 is 0 Å². The number of hydrogen-bond acceptors (Lipinski definition) is 8. The van der Waals surface area contributed by atoms with Crippen molar-refractivity contribution < 1.29 is 36.3 Å². The van der Waals surface area contributed by atoms with Crippen LogP contribution in [0.25, 0.3) is 0 Å². The van der Waals surface area contributed by atoms with Gasteiger partial charge in [-0.05, 0) is 40.5 Å². The monoisotopic (exact) mass is 416 g/mol. The number of phosphoric acid groups is 2. The van der Waals surface area contributed by atoms with Crippen molar-refractivity contribution in [1.82, 2.24) is 0 Å². The molecule has 156 valence electrons. The molecule has 0 radical (unpaired) electrons. The predicted octanol–water partition coefficient (Wildman–Crippen LogP) is 6.19. The van der Waals surface area contributed by atoms with Gasteiger partial charge in [0.1, 0.15) is 11.5 Å². The summed E-state index contributed by atoms with van der Waals surface area (Å²) in [7, 11) is -7.55. The largest absolute Gasteiger partial charge is 0.529 e. The lowest BCUT2D eigenvalue weighted by Gasteiger charge is -2.22. The molecular weight excluding hydrogens is 382 g/mol. The van der Waals surface area contributed by atoms with Crippen molar-refractivity contribution in [1.29, 1.82) is 0 Å². The van der Waals surface area contributed by atoms with Gasteiger partial charge in [0.2, 0.25) is 0 Å². The molecule has 26 heavy (non-hydrogen) atoms. The first kappa shape index (κ1) is 25.6. The second-order valence-corrected chi connectivity index (χ2v) is 8.59. The number of phosphoric ester groups is 2. The van der Waals surface area contributed by atoms with E-state index < -0.39 is 15.6 Å². The quantitative estimate of drug-likeness (QED) is 0.167. The zero-order valence-electron chi connectivity index (χ0n) is 16.8. The van der Waals surface area contributed by atoms with E-state index in [0.717, 1.165) is 25.7 Å². The highest BCUT2D eigenvalue weighted by molar-refractivity contribution is 7.49. The van der Waals surface area contributed by atoms with E-state index >= 15 is 0 Å². The van der Waals surface area contributed by atoms with E-state index in [2.05, 4.69) is 0 Å². The zero-order valence-corrected chi connectivity index (χ0v) is 18.6. The Kier molecular flexibility index (Phi) is 13.6. The van der Waals surface area contributed by atoms with Crippen LogP contribution >= 0.6 is 15.6 Å². The number of hydrogen-bond donors (Lipinski definition) is 0. The Bertz CT molecular complexity index is 482.